The molecule has 0 aliphatic heterocycles. The molecule has 4 fully saturated rings. The fourth-order valence-corrected chi connectivity index (χ4v) is 8.59. The summed E-state index contributed by atoms with van der Waals surface area (Å²) >= 11 is 0. The SMILES string of the molecule is C[C@]12CCCC[C@@H]1CC[C@@H]1[C@H]2CC[C@@]2(C)[C@@H]1CC[C@@]2(O)CN(CCO)CCO. The van der Waals surface area contributed by atoms with E-state index in [0.29, 0.717) is 31.0 Å². The number of hydrogen-bond acceptors (Lipinski definition) is 4. The molecule has 0 radical (unpaired) electrons. The summed E-state index contributed by atoms with van der Waals surface area (Å²) in [6, 6.07) is 0. The summed E-state index contributed by atoms with van der Waals surface area (Å²) < 4.78 is 0. The number of aliphatic hydroxyl groups excluding tert-OH is 2. The summed E-state index contributed by atoms with van der Waals surface area (Å²) in [6.07, 6.45) is 13.0. The van der Waals surface area contributed by atoms with E-state index in [1.54, 1.807) is 0 Å². The van der Waals surface area contributed by atoms with Gasteiger partial charge in [0.15, 0.2) is 0 Å². The Hall–Kier alpha value is -0.160. The maximum Gasteiger partial charge on any atom is 0.0830 e. The Balaban J connectivity index is 1.54. The lowest BCUT2D eigenvalue weighted by molar-refractivity contribution is -0.158. The van der Waals surface area contributed by atoms with Gasteiger partial charge in [-0.1, -0.05) is 26.7 Å². The largest absolute Gasteiger partial charge is 0.395 e. The third-order valence-corrected chi connectivity index (χ3v) is 10.2. The number of nitrogens with zero attached hydrogens (tertiary/aromatic N) is 1. The summed E-state index contributed by atoms with van der Waals surface area (Å²) in [4.78, 5) is 2.07. The van der Waals surface area contributed by atoms with Gasteiger partial charge in [-0.2, -0.15) is 0 Å². The van der Waals surface area contributed by atoms with Crippen LogP contribution in [0.1, 0.15) is 78.1 Å². The van der Waals surface area contributed by atoms with E-state index in [0.717, 1.165) is 37.0 Å². The summed E-state index contributed by atoms with van der Waals surface area (Å²) in [5, 5.41) is 30.7. The van der Waals surface area contributed by atoms with Crippen molar-refractivity contribution < 1.29 is 15.3 Å². The fraction of sp³-hybridized carbons (Fsp3) is 1.00. The third-order valence-electron chi connectivity index (χ3n) is 10.2. The summed E-state index contributed by atoms with van der Waals surface area (Å²) in [7, 11) is 0. The van der Waals surface area contributed by atoms with Crippen LogP contribution < -0.4 is 0 Å². The molecule has 4 heteroatoms. The predicted molar refractivity (Wildman–Crippen MR) is 112 cm³/mol. The van der Waals surface area contributed by atoms with Crippen molar-refractivity contribution in [1.29, 1.82) is 0 Å². The molecule has 0 spiro atoms. The molecule has 4 aliphatic carbocycles. The second kappa shape index (κ2) is 7.83. The highest BCUT2D eigenvalue weighted by molar-refractivity contribution is 5.14. The van der Waals surface area contributed by atoms with Gasteiger partial charge in [-0.25, -0.2) is 0 Å². The minimum atomic E-state index is -0.683. The van der Waals surface area contributed by atoms with Crippen molar-refractivity contribution in [3.05, 3.63) is 0 Å². The molecule has 0 unspecified atom stereocenters. The molecule has 4 saturated carbocycles. The van der Waals surface area contributed by atoms with Gasteiger partial charge in [-0.05, 0) is 80.5 Å². The number of rotatable bonds is 6. The number of fused-ring (bicyclic) bond motifs is 5. The average molecular weight is 394 g/mol. The second-order valence-electron chi connectivity index (χ2n) is 11.2. The van der Waals surface area contributed by atoms with E-state index in [4.69, 9.17) is 0 Å². The van der Waals surface area contributed by atoms with Gasteiger partial charge in [0.25, 0.3) is 0 Å². The van der Waals surface area contributed by atoms with Gasteiger partial charge >= 0.3 is 0 Å². The van der Waals surface area contributed by atoms with Crippen molar-refractivity contribution in [3.8, 4) is 0 Å². The minimum Gasteiger partial charge on any atom is -0.395 e. The monoisotopic (exact) mass is 393 g/mol. The molecular formula is C24H43NO3. The lowest BCUT2D eigenvalue weighted by atomic mass is 9.44. The Bertz CT molecular complexity index is 550. The highest BCUT2D eigenvalue weighted by atomic mass is 16.3. The van der Waals surface area contributed by atoms with Crippen molar-refractivity contribution in [1.82, 2.24) is 4.90 Å². The Morgan fingerprint density at radius 1 is 0.821 bits per heavy atom. The maximum atomic E-state index is 11.9. The zero-order chi connectivity index (χ0) is 20.0. The van der Waals surface area contributed by atoms with Crippen LogP contribution in [0.2, 0.25) is 0 Å². The molecule has 0 aromatic rings. The highest BCUT2D eigenvalue weighted by Crippen LogP contribution is 2.68. The molecular weight excluding hydrogens is 350 g/mol. The molecule has 0 amide bonds. The molecule has 0 aromatic heterocycles. The van der Waals surface area contributed by atoms with Crippen LogP contribution in [0.15, 0.2) is 0 Å². The lowest BCUT2D eigenvalue weighted by Crippen LogP contribution is -2.59. The van der Waals surface area contributed by atoms with Crippen LogP contribution in [0.5, 0.6) is 0 Å². The number of aliphatic hydroxyl groups is 3. The van der Waals surface area contributed by atoms with Crippen molar-refractivity contribution in [3.63, 3.8) is 0 Å². The Kier molecular flexibility index (Phi) is 5.90. The van der Waals surface area contributed by atoms with E-state index in [2.05, 4.69) is 18.7 Å². The van der Waals surface area contributed by atoms with Crippen molar-refractivity contribution in [2.24, 2.45) is 34.5 Å². The lowest BCUT2D eigenvalue weighted by Gasteiger charge is -2.61. The van der Waals surface area contributed by atoms with Gasteiger partial charge in [-0.3, -0.25) is 4.90 Å². The molecule has 0 bridgehead atoms. The topological polar surface area (TPSA) is 63.9 Å². The first-order valence-corrected chi connectivity index (χ1v) is 12.0. The van der Waals surface area contributed by atoms with E-state index in [-0.39, 0.29) is 18.6 Å². The maximum absolute atomic E-state index is 11.9. The van der Waals surface area contributed by atoms with Crippen LogP contribution in [0, 0.1) is 34.5 Å². The van der Waals surface area contributed by atoms with Crippen molar-refractivity contribution in [2.45, 2.75) is 83.7 Å². The zero-order valence-corrected chi connectivity index (χ0v) is 18.2. The second-order valence-corrected chi connectivity index (χ2v) is 11.2. The normalized spacial score (nSPS) is 48.2. The number of hydrogen-bond donors (Lipinski definition) is 3. The first-order chi connectivity index (χ1) is 13.4. The van der Waals surface area contributed by atoms with E-state index in [1.165, 1.54) is 44.9 Å². The van der Waals surface area contributed by atoms with Crippen LogP contribution in [0.25, 0.3) is 0 Å². The van der Waals surface area contributed by atoms with Crippen molar-refractivity contribution in [2.75, 3.05) is 32.8 Å². The Morgan fingerprint density at radius 3 is 2.25 bits per heavy atom. The van der Waals surface area contributed by atoms with Crippen LogP contribution in [-0.4, -0.2) is 58.7 Å². The highest BCUT2D eigenvalue weighted by Gasteiger charge is 2.64. The van der Waals surface area contributed by atoms with E-state index in [9.17, 15) is 15.3 Å². The molecule has 4 nitrogen and oxygen atoms in total. The van der Waals surface area contributed by atoms with Gasteiger partial charge in [0.2, 0.25) is 0 Å². The minimum absolute atomic E-state index is 0.0187. The van der Waals surface area contributed by atoms with Crippen LogP contribution in [-0.2, 0) is 0 Å². The molecule has 4 aliphatic rings. The summed E-state index contributed by atoms with van der Waals surface area (Å²) in [6.45, 7) is 6.82. The standard InChI is InChI=1S/C24H43NO3/c1-22-10-4-3-5-18(22)6-7-19-20(22)8-11-23(2)21(19)9-12-24(23,28)17-25(13-15-26)14-16-27/h18-21,26-28H,3-17H2,1-2H3/t18-,19-,20-,21-,22+,23+,24-/m1/s1. The fourth-order valence-electron chi connectivity index (χ4n) is 8.59. The Labute approximate surface area is 171 Å². The van der Waals surface area contributed by atoms with Gasteiger partial charge in [0.05, 0.1) is 18.8 Å². The quantitative estimate of drug-likeness (QED) is 0.647. The van der Waals surface area contributed by atoms with Crippen LogP contribution >= 0.6 is 0 Å². The molecule has 0 aromatic carbocycles. The summed E-state index contributed by atoms with van der Waals surface area (Å²) in [5.41, 5.74) is -0.157. The van der Waals surface area contributed by atoms with Gasteiger partial charge < -0.3 is 15.3 Å². The zero-order valence-electron chi connectivity index (χ0n) is 18.2. The van der Waals surface area contributed by atoms with Gasteiger partial charge in [0.1, 0.15) is 0 Å². The van der Waals surface area contributed by atoms with E-state index in [1.807, 2.05) is 0 Å². The smallest absolute Gasteiger partial charge is 0.0830 e. The molecule has 162 valence electrons. The third kappa shape index (κ3) is 3.18. The molecule has 3 N–H and O–H groups in total. The van der Waals surface area contributed by atoms with E-state index < -0.39 is 5.60 Å². The van der Waals surface area contributed by atoms with E-state index >= 15 is 0 Å². The Morgan fingerprint density at radius 2 is 1.54 bits per heavy atom. The van der Waals surface area contributed by atoms with Crippen molar-refractivity contribution >= 4 is 0 Å². The molecule has 4 rings (SSSR count). The summed E-state index contributed by atoms with van der Waals surface area (Å²) in [5.74, 6) is 3.23. The van der Waals surface area contributed by atoms with Crippen LogP contribution in [0.4, 0.5) is 0 Å². The first kappa shape index (κ1) is 21.1. The van der Waals surface area contributed by atoms with Gasteiger partial charge in [0, 0.05) is 25.0 Å². The molecule has 0 saturated heterocycles. The molecule has 7 atom stereocenters. The average Bonchev–Trinajstić information content (AvgIpc) is 2.93. The first-order valence-electron chi connectivity index (χ1n) is 12.0. The van der Waals surface area contributed by atoms with Crippen LogP contribution in [0.3, 0.4) is 0 Å². The predicted octanol–water partition coefficient (Wildman–Crippen LogP) is 3.44. The molecule has 28 heavy (non-hydrogen) atoms. The van der Waals surface area contributed by atoms with Gasteiger partial charge in [-0.15, -0.1) is 0 Å². The molecule has 0 heterocycles.